The molecule has 3 nitrogen and oxygen atoms in total. The van der Waals surface area contributed by atoms with Gasteiger partial charge in [-0.1, -0.05) is 23.8 Å². The molecule has 1 aromatic rings. The number of ether oxygens (including phenoxy) is 1. The number of hydrogen-bond donors (Lipinski definition) is 1. The van der Waals surface area contributed by atoms with Crippen LogP contribution in [0.2, 0.25) is 0 Å². The Labute approximate surface area is 115 Å². The molecule has 2 saturated heterocycles. The second-order valence-electron chi connectivity index (χ2n) is 6.14. The van der Waals surface area contributed by atoms with Crippen LogP contribution in [-0.2, 0) is 4.74 Å². The molecule has 2 aliphatic rings. The van der Waals surface area contributed by atoms with Crippen molar-refractivity contribution >= 4 is 0 Å². The zero-order valence-corrected chi connectivity index (χ0v) is 11.9. The molecule has 3 rings (SSSR count). The van der Waals surface area contributed by atoms with Crippen LogP contribution < -0.4 is 5.73 Å². The van der Waals surface area contributed by atoms with Gasteiger partial charge < -0.3 is 10.5 Å². The van der Waals surface area contributed by atoms with Gasteiger partial charge in [-0.25, -0.2) is 0 Å². The summed E-state index contributed by atoms with van der Waals surface area (Å²) in [5.41, 5.74) is 10.3. The van der Waals surface area contributed by atoms with Gasteiger partial charge >= 0.3 is 0 Å². The molecule has 2 bridgehead atoms. The van der Waals surface area contributed by atoms with E-state index < -0.39 is 0 Å². The summed E-state index contributed by atoms with van der Waals surface area (Å²) in [6.07, 6.45) is 3.34. The number of benzene rings is 1. The van der Waals surface area contributed by atoms with E-state index in [0.29, 0.717) is 12.2 Å². The molecule has 0 saturated carbocycles. The minimum Gasteiger partial charge on any atom is -0.372 e. The van der Waals surface area contributed by atoms with Crippen LogP contribution in [-0.4, -0.2) is 36.7 Å². The van der Waals surface area contributed by atoms with Crippen LogP contribution in [0, 0.1) is 13.8 Å². The normalized spacial score (nSPS) is 28.6. The van der Waals surface area contributed by atoms with Crippen molar-refractivity contribution in [2.24, 2.45) is 5.73 Å². The number of nitrogens with two attached hydrogens (primary N) is 1. The van der Waals surface area contributed by atoms with Crippen LogP contribution in [0.4, 0.5) is 0 Å². The van der Waals surface area contributed by atoms with E-state index in [0.717, 1.165) is 19.6 Å². The largest absolute Gasteiger partial charge is 0.372 e. The number of rotatable bonds is 3. The molecule has 0 spiro atoms. The highest BCUT2D eigenvalue weighted by Gasteiger charge is 2.34. The van der Waals surface area contributed by atoms with Gasteiger partial charge in [0, 0.05) is 25.7 Å². The molecule has 0 radical (unpaired) electrons. The highest BCUT2D eigenvalue weighted by molar-refractivity contribution is 5.32. The summed E-state index contributed by atoms with van der Waals surface area (Å²) < 4.78 is 5.87. The lowest BCUT2D eigenvalue weighted by Crippen LogP contribution is -2.45. The number of likely N-dealkylation sites (tertiary alicyclic amines) is 1. The molecule has 2 fully saturated rings. The van der Waals surface area contributed by atoms with Gasteiger partial charge in [0.1, 0.15) is 0 Å². The Morgan fingerprint density at radius 3 is 2.58 bits per heavy atom. The number of fused-ring (bicyclic) bond motifs is 2. The van der Waals surface area contributed by atoms with Crippen LogP contribution in [0.25, 0.3) is 0 Å². The van der Waals surface area contributed by atoms with E-state index in [9.17, 15) is 0 Å². The van der Waals surface area contributed by atoms with Crippen LogP contribution in [0.15, 0.2) is 18.2 Å². The lowest BCUT2D eigenvalue weighted by atomic mass is 9.99. The third kappa shape index (κ3) is 2.83. The van der Waals surface area contributed by atoms with Crippen LogP contribution in [0.3, 0.4) is 0 Å². The molecule has 0 aromatic heterocycles. The Morgan fingerprint density at radius 1 is 1.26 bits per heavy atom. The maximum Gasteiger partial charge on any atom is 0.0707 e. The van der Waals surface area contributed by atoms with Gasteiger partial charge in [0.15, 0.2) is 0 Å². The SMILES string of the molecule is Cc1ccc(C(N)CN2CC3CCC(C2)O3)c(C)c1. The molecule has 104 valence electrons. The van der Waals surface area contributed by atoms with E-state index in [1.54, 1.807) is 0 Å². The van der Waals surface area contributed by atoms with Gasteiger partial charge in [-0.15, -0.1) is 0 Å². The number of hydrogen-bond acceptors (Lipinski definition) is 3. The first kappa shape index (κ1) is 13.1. The minimum atomic E-state index is 0.109. The second-order valence-corrected chi connectivity index (χ2v) is 6.14. The maximum absolute atomic E-state index is 6.41. The van der Waals surface area contributed by atoms with Crippen molar-refractivity contribution in [1.29, 1.82) is 0 Å². The van der Waals surface area contributed by atoms with Gasteiger partial charge in [0.25, 0.3) is 0 Å². The smallest absolute Gasteiger partial charge is 0.0707 e. The zero-order chi connectivity index (χ0) is 13.4. The third-order valence-corrected chi connectivity index (χ3v) is 4.40. The highest BCUT2D eigenvalue weighted by atomic mass is 16.5. The summed E-state index contributed by atoms with van der Waals surface area (Å²) in [5, 5.41) is 0. The second kappa shape index (κ2) is 5.23. The van der Waals surface area contributed by atoms with E-state index in [-0.39, 0.29) is 6.04 Å². The first-order valence-electron chi connectivity index (χ1n) is 7.32. The first-order chi connectivity index (χ1) is 9.11. The van der Waals surface area contributed by atoms with Crippen LogP contribution in [0.1, 0.15) is 35.6 Å². The van der Waals surface area contributed by atoms with E-state index in [4.69, 9.17) is 10.5 Å². The molecule has 1 aromatic carbocycles. The zero-order valence-electron chi connectivity index (χ0n) is 11.9. The fourth-order valence-electron chi connectivity index (χ4n) is 3.47. The van der Waals surface area contributed by atoms with E-state index in [1.807, 2.05) is 0 Å². The molecule has 3 heteroatoms. The summed E-state index contributed by atoms with van der Waals surface area (Å²) in [7, 11) is 0. The van der Waals surface area contributed by atoms with Crippen molar-refractivity contribution < 1.29 is 4.74 Å². The average molecular weight is 260 g/mol. The monoisotopic (exact) mass is 260 g/mol. The molecule has 2 N–H and O–H groups in total. The van der Waals surface area contributed by atoms with Crippen molar-refractivity contribution in [3.63, 3.8) is 0 Å². The molecule has 19 heavy (non-hydrogen) atoms. The molecule has 0 aliphatic carbocycles. The van der Waals surface area contributed by atoms with Crippen LogP contribution in [0.5, 0.6) is 0 Å². The van der Waals surface area contributed by atoms with Gasteiger partial charge in [-0.2, -0.15) is 0 Å². The van der Waals surface area contributed by atoms with E-state index >= 15 is 0 Å². The van der Waals surface area contributed by atoms with Crippen molar-refractivity contribution in [2.75, 3.05) is 19.6 Å². The maximum atomic E-state index is 6.41. The minimum absolute atomic E-state index is 0.109. The fraction of sp³-hybridized carbons (Fsp3) is 0.625. The number of nitrogens with zero attached hydrogens (tertiary/aromatic N) is 1. The van der Waals surface area contributed by atoms with Crippen molar-refractivity contribution in [1.82, 2.24) is 4.90 Å². The Balaban J connectivity index is 1.66. The summed E-state index contributed by atoms with van der Waals surface area (Å²) in [4.78, 5) is 2.48. The third-order valence-electron chi connectivity index (χ3n) is 4.40. The Bertz CT molecular complexity index is 448. The summed E-state index contributed by atoms with van der Waals surface area (Å²) in [6.45, 7) is 7.33. The van der Waals surface area contributed by atoms with E-state index in [1.165, 1.54) is 29.5 Å². The molecular weight excluding hydrogens is 236 g/mol. The lowest BCUT2D eigenvalue weighted by molar-refractivity contribution is -0.0397. The molecular formula is C16H24N2O. The van der Waals surface area contributed by atoms with Crippen molar-refractivity contribution in [3.05, 3.63) is 34.9 Å². The van der Waals surface area contributed by atoms with Gasteiger partial charge in [0.05, 0.1) is 12.2 Å². The van der Waals surface area contributed by atoms with E-state index in [2.05, 4.69) is 36.9 Å². The molecule has 3 unspecified atom stereocenters. The fourth-order valence-corrected chi connectivity index (χ4v) is 3.47. The predicted octanol–water partition coefficient (Wildman–Crippen LogP) is 2.17. The average Bonchev–Trinajstić information content (AvgIpc) is 2.68. The Kier molecular flexibility index (Phi) is 3.61. The first-order valence-corrected chi connectivity index (χ1v) is 7.32. The van der Waals surface area contributed by atoms with Crippen LogP contribution >= 0.6 is 0 Å². The van der Waals surface area contributed by atoms with Crippen molar-refractivity contribution in [3.8, 4) is 0 Å². The Hall–Kier alpha value is -0.900. The molecule has 0 amide bonds. The molecule has 3 atom stereocenters. The highest BCUT2D eigenvalue weighted by Crippen LogP contribution is 2.27. The standard InChI is InChI=1S/C16H24N2O/c1-11-3-6-15(12(2)7-11)16(17)10-18-8-13-4-5-14(9-18)19-13/h3,6-7,13-14,16H,4-5,8-10,17H2,1-2H3. The quantitative estimate of drug-likeness (QED) is 0.905. The van der Waals surface area contributed by atoms with Gasteiger partial charge in [0.2, 0.25) is 0 Å². The number of aryl methyl sites for hydroxylation is 2. The molecule has 2 heterocycles. The predicted molar refractivity (Wildman–Crippen MR) is 77.2 cm³/mol. The number of morpholine rings is 1. The summed E-state index contributed by atoms with van der Waals surface area (Å²) in [5.74, 6) is 0. The lowest BCUT2D eigenvalue weighted by Gasteiger charge is -2.34. The van der Waals surface area contributed by atoms with Crippen molar-refractivity contribution in [2.45, 2.75) is 44.9 Å². The van der Waals surface area contributed by atoms with Gasteiger partial charge in [-0.05, 0) is 37.8 Å². The summed E-state index contributed by atoms with van der Waals surface area (Å²) >= 11 is 0. The molecule has 2 aliphatic heterocycles. The Morgan fingerprint density at radius 2 is 1.95 bits per heavy atom. The summed E-state index contributed by atoms with van der Waals surface area (Å²) in [6, 6.07) is 6.67. The topological polar surface area (TPSA) is 38.5 Å². The van der Waals surface area contributed by atoms with Gasteiger partial charge in [-0.3, -0.25) is 4.90 Å².